The van der Waals surface area contributed by atoms with E-state index in [-0.39, 0.29) is 5.82 Å². The van der Waals surface area contributed by atoms with E-state index in [1.54, 1.807) is 13.2 Å². The van der Waals surface area contributed by atoms with Crippen molar-refractivity contribution in [2.24, 2.45) is 5.73 Å². The van der Waals surface area contributed by atoms with Gasteiger partial charge in [-0.15, -0.1) is 0 Å². The van der Waals surface area contributed by atoms with Crippen molar-refractivity contribution in [3.8, 4) is 5.75 Å². The monoisotopic (exact) mass is 274 g/mol. The molecule has 2 N–H and O–H groups in total. The summed E-state index contributed by atoms with van der Waals surface area (Å²) < 4.78 is 18.9. The number of ether oxygens (including phenoxy) is 1. The van der Waals surface area contributed by atoms with Gasteiger partial charge < -0.3 is 15.4 Å². The average molecular weight is 274 g/mol. The fourth-order valence-corrected chi connectivity index (χ4v) is 2.06. The average Bonchev–Trinajstić information content (AvgIpc) is 2.49. The van der Waals surface area contributed by atoms with Crippen molar-refractivity contribution in [2.45, 2.75) is 13.1 Å². The highest BCUT2D eigenvalue weighted by Crippen LogP contribution is 2.21. The fourth-order valence-electron chi connectivity index (χ4n) is 2.06. The third-order valence-electron chi connectivity index (χ3n) is 3.27. The fraction of sp³-hybridized carbons (Fsp3) is 0.250. The Morgan fingerprint density at radius 2 is 1.85 bits per heavy atom. The molecule has 2 aromatic carbocycles. The number of nitrogens with zero attached hydrogens (tertiary/aromatic N) is 1. The summed E-state index contributed by atoms with van der Waals surface area (Å²) in [4.78, 5) is 1.98. The summed E-state index contributed by atoms with van der Waals surface area (Å²) in [6.07, 6.45) is 0. The highest BCUT2D eigenvalue weighted by atomic mass is 19.1. The van der Waals surface area contributed by atoms with Crippen LogP contribution in [0, 0.1) is 5.82 Å². The molecule has 3 nitrogen and oxygen atoms in total. The highest BCUT2D eigenvalue weighted by molar-refractivity contribution is 5.49. The Morgan fingerprint density at radius 1 is 1.15 bits per heavy atom. The number of anilines is 1. The summed E-state index contributed by atoms with van der Waals surface area (Å²) >= 11 is 0. The first-order valence-corrected chi connectivity index (χ1v) is 6.46. The van der Waals surface area contributed by atoms with E-state index in [2.05, 4.69) is 0 Å². The van der Waals surface area contributed by atoms with Gasteiger partial charge in [0.05, 0.1) is 7.11 Å². The molecule has 0 aliphatic carbocycles. The molecule has 2 aromatic rings. The molecule has 0 unspecified atom stereocenters. The van der Waals surface area contributed by atoms with Crippen molar-refractivity contribution in [1.82, 2.24) is 0 Å². The molecule has 0 aliphatic heterocycles. The number of hydrogen-bond acceptors (Lipinski definition) is 3. The topological polar surface area (TPSA) is 38.5 Å². The van der Waals surface area contributed by atoms with Crippen LogP contribution in [0.5, 0.6) is 5.75 Å². The van der Waals surface area contributed by atoms with Crippen molar-refractivity contribution in [3.05, 3.63) is 59.4 Å². The minimum absolute atomic E-state index is 0.206. The van der Waals surface area contributed by atoms with Crippen LogP contribution in [0.2, 0.25) is 0 Å². The van der Waals surface area contributed by atoms with Crippen molar-refractivity contribution < 1.29 is 9.13 Å². The SMILES string of the molecule is COc1ccc(N(C)Cc2cc(CN)ccc2F)cc1. The van der Waals surface area contributed by atoms with E-state index in [4.69, 9.17) is 10.5 Å². The molecule has 0 fully saturated rings. The first-order valence-electron chi connectivity index (χ1n) is 6.46. The maximum atomic E-state index is 13.8. The Bertz CT molecular complexity index is 569. The van der Waals surface area contributed by atoms with E-state index >= 15 is 0 Å². The molecule has 0 saturated heterocycles. The lowest BCUT2D eigenvalue weighted by Crippen LogP contribution is -2.17. The van der Waals surface area contributed by atoms with Gasteiger partial charge in [0.1, 0.15) is 11.6 Å². The number of rotatable bonds is 5. The van der Waals surface area contributed by atoms with E-state index in [1.165, 1.54) is 6.07 Å². The summed E-state index contributed by atoms with van der Waals surface area (Å²) in [6.45, 7) is 0.908. The largest absolute Gasteiger partial charge is 0.497 e. The first-order chi connectivity index (χ1) is 9.63. The Kier molecular flexibility index (Phi) is 4.58. The summed E-state index contributed by atoms with van der Waals surface area (Å²) in [5, 5.41) is 0. The van der Waals surface area contributed by atoms with Crippen LogP contribution in [0.1, 0.15) is 11.1 Å². The van der Waals surface area contributed by atoms with Crippen LogP contribution >= 0.6 is 0 Å². The minimum Gasteiger partial charge on any atom is -0.497 e. The third kappa shape index (κ3) is 3.27. The lowest BCUT2D eigenvalue weighted by Gasteiger charge is -2.20. The van der Waals surface area contributed by atoms with Crippen LogP contribution in [0.3, 0.4) is 0 Å². The van der Waals surface area contributed by atoms with Crippen LogP contribution in [0.15, 0.2) is 42.5 Å². The number of hydrogen-bond donors (Lipinski definition) is 1. The van der Waals surface area contributed by atoms with Gasteiger partial charge in [0.15, 0.2) is 0 Å². The predicted octanol–water partition coefficient (Wildman–Crippen LogP) is 2.93. The predicted molar refractivity (Wildman–Crippen MR) is 79.4 cm³/mol. The molecule has 0 atom stereocenters. The lowest BCUT2D eigenvalue weighted by molar-refractivity contribution is 0.415. The van der Waals surface area contributed by atoms with Crippen molar-refractivity contribution in [3.63, 3.8) is 0 Å². The summed E-state index contributed by atoms with van der Waals surface area (Å²) in [7, 11) is 3.56. The van der Waals surface area contributed by atoms with Gasteiger partial charge in [0, 0.05) is 31.4 Å². The van der Waals surface area contributed by atoms with E-state index in [9.17, 15) is 4.39 Å². The Morgan fingerprint density at radius 3 is 2.45 bits per heavy atom. The number of nitrogens with two attached hydrogens (primary N) is 1. The van der Waals surface area contributed by atoms with Gasteiger partial charge in [-0.3, -0.25) is 0 Å². The number of benzene rings is 2. The number of halogens is 1. The van der Waals surface area contributed by atoms with E-state index in [1.807, 2.05) is 42.3 Å². The minimum atomic E-state index is -0.206. The molecule has 0 saturated carbocycles. The standard InChI is InChI=1S/C16H19FN2O/c1-19(14-4-6-15(20-2)7-5-14)11-13-9-12(10-18)3-8-16(13)17/h3-9H,10-11,18H2,1-2H3. The van der Waals surface area contributed by atoms with Crippen molar-refractivity contribution in [2.75, 3.05) is 19.1 Å². The van der Waals surface area contributed by atoms with Gasteiger partial charge in [-0.1, -0.05) is 6.07 Å². The van der Waals surface area contributed by atoms with E-state index < -0.39 is 0 Å². The second-order valence-electron chi connectivity index (χ2n) is 4.68. The Hall–Kier alpha value is -2.07. The van der Waals surface area contributed by atoms with Crippen LogP contribution < -0.4 is 15.4 Å². The Labute approximate surface area is 118 Å². The summed E-state index contributed by atoms with van der Waals surface area (Å²) in [6, 6.07) is 12.7. The molecular weight excluding hydrogens is 255 g/mol. The third-order valence-corrected chi connectivity index (χ3v) is 3.27. The maximum Gasteiger partial charge on any atom is 0.128 e. The highest BCUT2D eigenvalue weighted by Gasteiger charge is 2.08. The van der Waals surface area contributed by atoms with E-state index in [0.29, 0.717) is 18.7 Å². The van der Waals surface area contributed by atoms with Gasteiger partial charge >= 0.3 is 0 Å². The molecular formula is C16H19FN2O. The second-order valence-corrected chi connectivity index (χ2v) is 4.68. The van der Waals surface area contributed by atoms with Gasteiger partial charge in [-0.2, -0.15) is 0 Å². The molecule has 0 heterocycles. The quantitative estimate of drug-likeness (QED) is 0.911. The molecule has 20 heavy (non-hydrogen) atoms. The molecule has 0 radical (unpaired) electrons. The molecule has 4 heteroatoms. The van der Waals surface area contributed by atoms with Crippen molar-refractivity contribution in [1.29, 1.82) is 0 Å². The smallest absolute Gasteiger partial charge is 0.128 e. The lowest BCUT2D eigenvalue weighted by atomic mass is 10.1. The molecule has 0 bridgehead atoms. The van der Waals surface area contributed by atoms with Gasteiger partial charge in [-0.25, -0.2) is 4.39 Å². The van der Waals surface area contributed by atoms with Crippen LogP contribution in [0.25, 0.3) is 0 Å². The zero-order valence-corrected chi connectivity index (χ0v) is 11.8. The van der Waals surface area contributed by atoms with Crippen LogP contribution in [-0.2, 0) is 13.1 Å². The molecule has 0 amide bonds. The zero-order chi connectivity index (χ0) is 14.5. The number of methoxy groups -OCH3 is 1. The van der Waals surface area contributed by atoms with Gasteiger partial charge in [0.2, 0.25) is 0 Å². The van der Waals surface area contributed by atoms with Crippen LogP contribution in [0.4, 0.5) is 10.1 Å². The summed E-state index contributed by atoms with van der Waals surface area (Å²) in [5.41, 5.74) is 8.18. The molecule has 2 rings (SSSR count). The van der Waals surface area contributed by atoms with Gasteiger partial charge in [-0.05, 0) is 42.0 Å². The second kappa shape index (κ2) is 6.39. The van der Waals surface area contributed by atoms with Crippen LogP contribution in [-0.4, -0.2) is 14.2 Å². The maximum absolute atomic E-state index is 13.8. The molecule has 0 aromatic heterocycles. The molecule has 0 spiro atoms. The summed E-state index contributed by atoms with van der Waals surface area (Å²) in [5.74, 6) is 0.598. The van der Waals surface area contributed by atoms with Gasteiger partial charge in [0.25, 0.3) is 0 Å². The first kappa shape index (κ1) is 14.3. The Balaban J connectivity index is 2.15. The normalized spacial score (nSPS) is 10.4. The molecule has 106 valence electrons. The molecule has 0 aliphatic rings. The zero-order valence-electron chi connectivity index (χ0n) is 11.8. The van der Waals surface area contributed by atoms with E-state index in [0.717, 1.165) is 17.0 Å². The van der Waals surface area contributed by atoms with Crippen molar-refractivity contribution >= 4 is 5.69 Å².